The van der Waals surface area contributed by atoms with Crippen molar-refractivity contribution in [2.24, 2.45) is 0 Å². The molecule has 0 aliphatic carbocycles. The van der Waals surface area contributed by atoms with Gasteiger partial charge in [-0.05, 0) is 33.8 Å². The average molecular weight is 443 g/mol. The van der Waals surface area contributed by atoms with Crippen LogP contribution in [0.15, 0.2) is 24.5 Å². The van der Waals surface area contributed by atoms with Crippen LogP contribution in [0, 0.1) is 6.92 Å². The molecule has 32 heavy (non-hydrogen) atoms. The summed E-state index contributed by atoms with van der Waals surface area (Å²) in [6.07, 6.45) is 3.73. The first-order chi connectivity index (χ1) is 15.2. The number of carbonyl (C=O) groups is 1. The van der Waals surface area contributed by atoms with Gasteiger partial charge in [0.1, 0.15) is 18.3 Å². The number of aromatic nitrogens is 2. The van der Waals surface area contributed by atoms with Crippen LogP contribution in [0.2, 0.25) is 0 Å². The molecule has 1 saturated heterocycles. The van der Waals surface area contributed by atoms with E-state index >= 15 is 0 Å². The molecule has 1 atom stereocenters. The molecule has 1 fully saturated rings. The predicted molar refractivity (Wildman–Crippen MR) is 119 cm³/mol. The number of anilines is 2. The number of amides is 1. The van der Waals surface area contributed by atoms with E-state index in [0.29, 0.717) is 43.8 Å². The van der Waals surface area contributed by atoms with Gasteiger partial charge >= 0.3 is 6.09 Å². The van der Waals surface area contributed by atoms with Gasteiger partial charge in [-0.25, -0.2) is 14.8 Å². The third-order valence-electron chi connectivity index (χ3n) is 5.29. The number of fused-ring (bicyclic) bond motifs is 1. The third-order valence-corrected chi connectivity index (χ3v) is 5.29. The van der Waals surface area contributed by atoms with Crippen LogP contribution >= 0.6 is 0 Å². The van der Waals surface area contributed by atoms with E-state index in [1.807, 2.05) is 39.8 Å². The topological polar surface area (TPSA) is 86.3 Å². The third kappa shape index (κ3) is 4.81. The van der Waals surface area contributed by atoms with E-state index in [1.54, 1.807) is 24.4 Å². The lowest BCUT2D eigenvalue weighted by Gasteiger charge is -2.31. The maximum Gasteiger partial charge on any atom is 0.410 e. The summed E-state index contributed by atoms with van der Waals surface area (Å²) in [5, 5.41) is 0. The lowest BCUT2D eigenvalue weighted by Crippen LogP contribution is -2.36. The quantitative estimate of drug-likeness (QED) is 0.708. The standard InChI is InChI=1S/C23H30N4O5/c1-15-10-16(12-25-21(15)29-5)27-8-9-30-19-13-24-20(11-18(19)27)31-17-6-7-26(14-17)22(28)32-23(2,3)4/h10-13,17H,6-9,14H2,1-5H3. The molecule has 0 spiro atoms. The summed E-state index contributed by atoms with van der Waals surface area (Å²) >= 11 is 0. The first kappa shape index (κ1) is 22.0. The second-order valence-corrected chi connectivity index (χ2v) is 8.96. The highest BCUT2D eigenvalue weighted by molar-refractivity contribution is 5.71. The average Bonchev–Trinajstić information content (AvgIpc) is 3.21. The summed E-state index contributed by atoms with van der Waals surface area (Å²) in [5.74, 6) is 1.80. The normalized spacial score (nSPS) is 18.1. The fourth-order valence-electron chi connectivity index (χ4n) is 3.83. The van der Waals surface area contributed by atoms with Crippen LogP contribution < -0.4 is 19.1 Å². The zero-order chi connectivity index (χ0) is 22.9. The van der Waals surface area contributed by atoms with Crippen LogP contribution in [-0.2, 0) is 4.74 Å². The van der Waals surface area contributed by atoms with Crippen molar-refractivity contribution in [1.29, 1.82) is 0 Å². The molecule has 9 nitrogen and oxygen atoms in total. The molecule has 1 unspecified atom stereocenters. The van der Waals surface area contributed by atoms with Crippen LogP contribution in [-0.4, -0.2) is 66.0 Å². The number of hydrogen-bond acceptors (Lipinski definition) is 8. The van der Waals surface area contributed by atoms with Crippen molar-refractivity contribution in [1.82, 2.24) is 14.9 Å². The van der Waals surface area contributed by atoms with Crippen LogP contribution in [0.25, 0.3) is 0 Å². The first-order valence-corrected chi connectivity index (χ1v) is 10.8. The smallest absolute Gasteiger partial charge is 0.410 e. The number of ether oxygens (including phenoxy) is 4. The lowest BCUT2D eigenvalue weighted by molar-refractivity contribution is 0.0275. The largest absolute Gasteiger partial charge is 0.488 e. The molecule has 0 radical (unpaired) electrons. The van der Waals surface area contributed by atoms with E-state index in [0.717, 1.165) is 23.4 Å². The maximum atomic E-state index is 12.3. The summed E-state index contributed by atoms with van der Waals surface area (Å²) in [5.41, 5.74) is 2.25. The van der Waals surface area contributed by atoms with E-state index in [1.165, 1.54) is 0 Å². The van der Waals surface area contributed by atoms with Gasteiger partial charge in [0, 0.05) is 24.6 Å². The Morgan fingerprint density at radius 2 is 2.00 bits per heavy atom. The van der Waals surface area contributed by atoms with Gasteiger partial charge in [0.25, 0.3) is 0 Å². The van der Waals surface area contributed by atoms with Gasteiger partial charge in [-0.15, -0.1) is 0 Å². The monoisotopic (exact) mass is 442 g/mol. The minimum Gasteiger partial charge on any atom is -0.488 e. The van der Waals surface area contributed by atoms with Crippen LogP contribution in [0.3, 0.4) is 0 Å². The fourth-order valence-corrected chi connectivity index (χ4v) is 3.83. The number of nitrogens with zero attached hydrogens (tertiary/aromatic N) is 4. The van der Waals surface area contributed by atoms with Gasteiger partial charge in [0.15, 0.2) is 5.75 Å². The summed E-state index contributed by atoms with van der Waals surface area (Å²) < 4.78 is 22.7. The predicted octanol–water partition coefficient (Wildman–Crippen LogP) is 3.71. The Kier molecular flexibility index (Phi) is 5.99. The molecule has 2 aromatic heterocycles. The first-order valence-electron chi connectivity index (χ1n) is 10.8. The lowest BCUT2D eigenvalue weighted by atomic mass is 10.2. The molecule has 2 aliphatic rings. The second-order valence-electron chi connectivity index (χ2n) is 8.96. The maximum absolute atomic E-state index is 12.3. The van der Waals surface area contributed by atoms with Crippen molar-refractivity contribution in [3.63, 3.8) is 0 Å². The zero-order valence-corrected chi connectivity index (χ0v) is 19.3. The molecular weight excluding hydrogens is 412 g/mol. The summed E-state index contributed by atoms with van der Waals surface area (Å²) in [7, 11) is 1.61. The highest BCUT2D eigenvalue weighted by Crippen LogP contribution is 2.39. The number of aryl methyl sites for hydroxylation is 1. The van der Waals surface area contributed by atoms with Crippen molar-refractivity contribution in [3.8, 4) is 17.5 Å². The molecule has 4 rings (SSSR count). The van der Waals surface area contributed by atoms with Gasteiger partial charge in [-0.1, -0.05) is 0 Å². The van der Waals surface area contributed by atoms with E-state index in [-0.39, 0.29) is 12.2 Å². The minimum atomic E-state index is -0.520. The van der Waals surface area contributed by atoms with E-state index in [4.69, 9.17) is 18.9 Å². The molecule has 9 heteroatoms. The van der Waals surface area contributed by atoms with Crippen molar-refractivity contribution >= 4 is 17.5 Å². The molecule has 0 saturated carbocycles. The van der Waals surface area contributed by atoms with Gasteiger partial charge in [-0.2, -0.15) is 0 Å². The van der Waals surface area contributed by atoms with Gasteiger partial charge in [0.2, 0.25) is 11.8 Å². The Morgan fingerprint density at radius 1 is 1.19 bits per heavy atom. The number of pyridine rings is 2. The Hall–Kier alpha value is -3.23. The van der Waals surface area contributed by atoms with Crippen LogP contribution in [0.4, 0.5) is 16.2 Å². The summed E-state index contributed by atoms with van der Waals surface area (Å²) in [6.45, 7) is 9.84. The van der Waals surface area contributed by atoms with Crippen molar-refractivity contribution in [2.45, 2.75) is 45.8 Å². The highest BCUT2D eigenvalue weighted by Gasteiger charge is 2.31. The molecule has 1 amide bonds. The highest BCUT2D eigenvalue weighted by atomic mass is 16.6. The number of rotatable bonds is 4. The number of carbonyl (C=O) groups excluding carboxylic acids is 1. The fraction of sp³-hybridized carbons (Fsp3) is 0.522. The molecule has 0 N–H and O–H groups in total. The number of likely N-dealkylation sites (tertiary alicyclic amines) is 1. The zero-order valence-electron chi connectivity index (χ0n) is 19.3. The summed E-state index contributed by atoms with van der Waals surface area (Å²) in [4.78, 5) is 24.9. The van der Waals surface area contributed by atoms with Crippen molar-refractivity contribution in [3.05, 3.63) is 30.1 Å². The van der Waals surface area contributed by atoms with Crippen LogP contribution in [0.5, 0.6) is 17.5 Å². The Morgan fingerprint density at radius 3 is 2.72 bits per heavy atom. The van der Waals surface area contributed by atoms with Crippen molar-refractivity contribution in [2.75, 3.05) is 38.3 Å². The van der Waals surface area contributed by atoms with E-state index in [9.17, 15) is 4.79 Å². The minimum absolute atomic E-state index is 0.143. The van der Waals surface area contributed by atoms with E-state index in [2.05, 4.69) is 14.9 Å². The Labute approximate surface area is 188 Å². The van der Waals surface area contributed by atoms with Gasteiger partial charge in [0.05, 0.1) is 44.0 Å². The van der Waals surface area contributed by atoms with Crippen molar-refractivity contribution < 1.29 is 23.7 Å². The molecule has 0 aromatic carbocycles. The SMILES string of the molecule is COc1ncc(N2CCOc3cnc(OC4CCN(C(=O)OC(C)(C)C)C4)cc32)cc1C. The van der Waals surface area contributed by atoms with Crippen LogP contribution in [0.1, 0.15) is 32.8 Å². The van der Waals surface area contributed by atoms with E-state index < -0.39 is 5.60 Å². The number of hydrogen-bond donors (Lipinski definition) is 0. The Bertz CT molecular complexity index is 991. The molecule has 0 bridgehead atoms. The number of methoxy groups -OCH3 is 1. The van der Waals surface area contributed by atoms with Gasteiger partial charge < -0.3 is 28.7 Å². The molecular formula is C23H30N4O5. The Balaban J connectivity index is 1.48. The molecule has 172 valence electrons. The molecule has 4 heterocycles. The summed E-state index contributed by atoms with van der Waals surface area (Å²) in [6, 6.07) is 3.92. The molecule has 2 aromatic rings. The molecule has 2 aliphatic heterocycles. The van der Waals surface area contributed by atoms with Gasteiger partial charge in [-0.3, -0.25) is 0 Å². The second kappa shape index (κ2) is 8.72.